The van der Waals surface area contributed by atoms with E-state index in [-0.39, 0.29) is 11.1 Å². The molecule has 4 nitrogen and oxygen atoms in total. The van der Waals surface area contributed by atoms with Crippen molar-refractivity contribution in [2.75, 3.05) is 11.9 Å². The first-order valence-corrected chi connectivity index (χ1v) is 11.4. The van der Waals surface area contributed by atoms with E-state index in [1.807, 2.05) is 66.7 Å². The fourth-order valence-electron chi connectivity index (χ4n) is 3.43. The highest BCUT2D eigenvalue weighted by atomic mass is 32.1. The Hall–Kier alpha value is -2.92. The molecule has 162 valence electrons. The molecule has 0 atom stereocenters. The average Bonchev–Trinajstić information content (AvgIpc) is 2.78. The van der Waals surface area contributed by atoms with Crippen molar-refractivity contribution in [3.8, 4) is 5.75 Å². The van der Waals surface area contributed by atoms with Crippen molar-refractivity contribution < 1.29 is 9.53 Å². The van der Waals surface area contributed by atoms with Crippen LogP contribution in [0.2, 0.25) is 0 Å². The van der Waals surface area contributed by atoms with Crippen LogP contribution in [-0.2, 0) is 0 Å². The lowest BCUT2D eigenvalue weighted by atomic mass is 10.1. The first kappa shape index (κ1) is 22.8. The van der Waals surface area contributed by atoms with Gasteiger partial charge in [-0.05, 0) is 53.7 Å². The molecule has 3 rings (SSSR count). The fourth-order valence-corrected chi connectivity index (χ4v) is 3.62. The lowest BCUT2D eigenvalue weighted by Crippen LogP contribution is -2.28. The maximum Gasteiger partial charge on any atom is 0.262 e. The standard InChI is InChI=1S/C26H30N2O2S/c1-2-3-4-5-6-12-17-27-26(31)30-24-19-21-14-11-10-13-20(21)18-23(24)25(29)28-22-15-8-7-9-16-22/h7-11,13-16,18-19H,2-6,12,17H2,1H3,(H,27,31)(H,28,29). The van der Waals surface area contributed by atoms with Crippen LogP contribution in [0.15, 0.2) is 66.7 Å². The van der Waals surface area contributed by atoms with Gasteiger partial charge in [-0.15, -0.1) is 0 Å². The summed E-state index contributed by atoms with van der Waals surface area (Å²) in [6, 6.07) is 21.0. The third kappa shape index (κ3) is 7.07. The smallest absolute Gasteiger partial charge is 0.262 e. The molecule has 31 heavy (non-hydrogen) atoms. The number of hydrogen-bond acceptors (Lipinski definition) is 3. The van der Waals surface area contributed by atoms with E-state index in [4.69, 9.17) is 17.0 Å². The van der Waals surface area contributed by atoms with Crippen molar-refractivity contribution in [1.29, 1.82) is 0 Å². The molecule has 0 fully saturated rings. The molecule has 1 amide bonds. The largest absolute Gasteiger partial charge is 0.431 e. The highest BCUT2D eigenvalue weighted by Gasteiger charge is 2.16. The second-order valence-electron chi connectivity index (χ2n) is 7.60. The number of thiocarbonyl (C=S) groups is 1. The Kier molecular flexibility index (Phi) is 8.85. The van der Waals surface area contributed by atoms with Crippen LogP contribution >= 0.6 is 12.2 Å². The number of unbranched alkanes of at least 4 members (excludes halogenated alkanes) is 5. The van der Waals surface area contributed by atoms with Crippen molar-refractivity contribution in [2.24, 2.45) is 0 Å². The van der Waals surface area contributed by atoms with Crippen LogP contribution in [0.3, 0.4) is 0 Å². The van der Waals surface area contributed by atoms with Gasteiger partial charge in [0, 0.05) is 12.2 Å². The number of hydrogen-bond donors (Lipinski definition) is 2. The number of para-hydroxylation sites is 1. The Morgan fingerprint density at radius 2 is 1.52 bits per heavy atom. The molecule has 0 saturated heterocycles. The van der Waals surface area contributed by atoms with E-state index in [0.717, 1.165) is 29.4 Å². The van der Waals surface area contributed by atoms with E-state index in [1.165, 1.54) is 32.1 Å². The number of carbonyl (C=O) groups is 1. The number of carbonyl (C=O) groups excluding carboxylic acids is 1. The monoisotopic (exact) mass is 434 g/mol. The molecular formula is C26H30N2O2S. The number of fused-ring (bicyclic) bond motifs is 1. The van der Waals surface area contributed by atoms with Gasteiger partial charge in [-0.1, -0.05) is 81.5 Å². The third-order valence-electron chi connectivity index (χ3n) is 5.13. The zero-order chi connectivity index (χ0) is 21.9. The van der Waals surface area contributed by atoms with Crippen molar-refractivity contribution in [2.45, 2.75) is 45.4 Å². The van der Waals surface area contributed by atoms with E-state index < -0.39 is 0 Å². The van der Waals surface area contributed by atoms with Gasteiger partial charge in [-0.25, -0.2) is 0 Å². The Labute approximate surface area is 190 Å². The summed E-state index contributed by atoms with van der Waals surface area (Å²) < 4.78 is 5.92. The second-order valence-corrected chi connectivity index (χ2v) is 7.97. The molecule has 3 aromatic rings. The predicted molar refractivity (Wildman–Crippen MR) is 133 cm³/mol. The van der Waals surface area contributed by atoms with Gasteiger partial charge in [0.05, 0.1) is 5.56 Å². The molecule has 0 aliphatic heterocycles. The van der Waals surface area contributed by atoms with E-state index in [9.17, 15) is 4.79 Å². The minimum atomic E-state index is -0.231. The first-order valence-electron chi connectivity index (χ1n) is 11.0. The normalized spacial score (nSPS) is 10.6. The SMILES string of the molecule is CCCCCCCCNC(=S)Oc1cc2ccccc2cc1C(=O)Nc1ccccc1. The van der Waals surface area contributed by atoms with E-state index in [1.54, 1.807) is 0 Å². The van der Waals surface area contributed by atoms with Gasteiger partial charge >= 0.3 is 0 Å². The van der Waals surface area contributed by atoms with Crippen molar-refractivity contribution in [3.05, 3.63) is 72.3 Å². The highest BCUT2D eigenvalue weighted by Crippen LogP contribution is 2.27. The van der Waals surface area contributed by atoms with Crippen LogP contribution in [0.5, 0.6) is 5.75 Å². The van der Waals surface area contributed by atoms with Gasteiger partial charge in [0.25, 0.3) is 11.1 Å². The topological polar surface area (TPSA) is 50.4 Å². The van der Waals surface area contributed by atoms with Crippen molar-refractivity contribution in [1.82, 2.24) is 5.32 Å². The van der Waals surface area contributed by atoms with Gasteiger partial charge in [0.1, 0.15) is 5.75 Å². The lowest BCUT2D eigenvalue weighted by molar-refractivity contribution is 0.102. The predicted octanol–water partition coefficient (Wildman–Crippen LogP) is 6.71. The average molecular weight is 435 g/mol. The molecule has 2 N–H and O–H groups in total. The molecule has 0 radical (unpaired) electrons. The molecule has 0 aliphatic rings. The minimum Gasteiger partial charge on any atom is -0.431 e. The highest BCUT2D eigenvalue weighted by molar-refractivity contribution is 7.80. The van der Waals surface area contributed by atoms with Crippen LogP contribution in [0, 0.1) is 0 Å². The third-order valence-corrected chi connectivity index (χ3v) is 5.35. The van der Waals surface area contributed by atoms with E-state index in [0.29, 0.717) is 11.3 Å². The Bertz CT molecular complexity index is 1000. The zero-order valence-corrected chi connectivity index (χ0v) is 18.8. The molecule has 3 aromatic carbocycles. The molecule has 0 spiro atoms. The number of anilines is 1. The number of nitrogens with one attached hydrogen (secondary N) is 2. The first-order chi connectivity index (χ1) is 15.2. The van der Waals surface area contributed by atoms with Crippen LogP contribution < -0.4 is 15.4 Å². The lowest BCUT2D eigenvalue weighted by Gasteiger charge is -2.14. The molecule has 0 unspecified atom stereocenters. The van der Waals surface area contributed by atoms with Crippen molar-refractivity contribution >= 4 is 39.8 Å². The summed E-state index contributed by atoms with van der Waals surface area (Å²) in [6.45, 7) is 2.99. The summed E-state index contributed by atoms with van der Waals surface area (Å²) in [5.41, 5.74) is 1.18. The maximum atomic E-state index is 13.0. The van der Waals surface area contributed by atoms with E-state index in [2.05, 4.69) is 17.6 Å². The summed E-state index contributed by atoms with van der Waals surface area (Å²) >= 11 is 5.39. The number of benzene rings is 3. The van der Waals surface area contributed by atoms with Crippen LogP contribution in [0.4, 0.5) is 5.69 Å². The minimum absolute atomic E-state index is 0.231. The Morgan fingerprint density at radius 1 is 0.871 bits per heavy atom. The van der Waals surface area contributed by atoms with Crippen molar-refractivity contribution in [3.63, 3.8) is 0 Å². The Balaban J connectivity index is 1.67. The van der Waals surface area contributed by atoms with Crippen LogP contribution in [0.1, 0.15) is 55.8 Å². The summed E-state index contributed by atoms with van der Waals surface area (Å²) in [4.78, 5) is 13.0. The summed E-state index contributed by atoms with van der Waals surface area (Å²) in [5, 5.41) is 8.35. The molecule has 0 aliphatic carbocycles. The zero-order valence-electron chi connectivity index (χ0n) is 18.0. The molecular weight excluding hydrogens is 404 g/mol. The summed E-state index contributed by atoms with van der Waals surface area (Å²) in [7, 11) is 0. The molecule has 0 aromatic heterocycles. The Morgan fingerprint density at radius 3 is 2.26 bits per heavy atom. The molecule has 0 saturated carbocycles. The van der Waals surface area contributed by atoms with Gasteiger partial charge in [-0.2, -0.15) is 0 Å². The number of amides is 1. The number of rotatable bonds is 10. The van der Waals surface area contributed by atoms with Crippen LogP contribution in [-0.4, -0.2) is 17.6 Å². The van der Waals surface area contributed by atoms with Gasteiger partial charge < -0.3 is 15.4 Å². The van der Waals surface area contributed by atoms with Gasteiger partial charge in [0.15, 0.2) is 0 Å². The number of ether oxygens (including phenoxy) is 1. The van der Waals surface area contributed by atoms with E-state index >= 15 is 0 Å². The molecule has 0 bridgehead atoms. The van der Waals surface area contributed by atoms with Crippen LogP contribution in [0.25, 0.3) is 10.8 Å². The summed E-state index contributed by atoms with van der Waals surface area (Å²) in [6.07, 6.45) is 7.31. The maximum absolute atomic E-state index is 13.0. The quantitative estimate of drug-likeness (QED) is 0.275. The van der Waals surface area contributed by atoms with Gasteiger partial charge in [-0.3, -0.25) is 4.79 Å². The molecule has 5 heteroatoms. The second kappa shape index (κ2) is 12.1. The summed E-state index contributed by atoms with van der Waals surface area (Å²) in [5.74, 6) is 0.221. The molecule has 0 heterocycles. The van der Waals surface area contributed by atoms with Gasteiger partial charge in [0.2, 0.25) is 0 Å². The fraction of sp³-hybridized carbons (Fsp3) is 0.308.